The van der Waals surface area contributed by atoms with Crippen molar-refractivity contribution in [3.63, 3.8) is 0 Å². The minimum atomic E-state index is -3.43. The Labute approximate surface area is 130 Å². The molecule has 3 rings (SSSR count). The Morgan fingerprint density at radius 1 is 1.41 bits per heavy atom. The van der Waals surface area contributed by atoms with Gasteiger partial charge in [-0.3, -0.25) is 10.1 Å². The minimum Gasteiger partial charge on any atom is -0.284 e. The van der Waals surface area contributed by atoms with E-state index in [1.807, 2.05) is 25.1 Å². The van der Waals surface area contributed by atoms with Crippen LogP contribution < -0.4 is 0 Å². The summed E-state index contributed by atoms with van der Waals surface area (Å²) in [6.07, 6.45) is 5.53. The Morgan fingerprint density at radius 2 is 2.27 bits per heavy atom. The van der Waals surface area contributed by atoms with Gasteiger partial charge >= 0.3 is 0 Å². The van der Waals surface area contributed by atoms with Gasteiger partial charge in [0.1, 0.15) is 4.90 Å². The number of pyridine rings is 1. The van der Waals surface area contributed by atoms with Crippen LogP contribution in [0.4, 0.5) is 0 Å². The van der Waals surface area contributed by atoms with Crippen molar-refractivity contribution >= 4 is 10.0 Å². The number of H-pyrrole nitrogens is 1. The van der Waals surface area contributed by atoms with E-state index in [2.05, 4.69) is 15.2 Å². The number of aryl methyl sites for hydroxylation is 1. The lowest BCUT2D eigenvalue weighted by Gasteiger charge is -2.31. The molecule has 0 amide bonds. The van der Waals surface area contributed by atoms with Gasteiger partial charge in [-0.05, 0) is 44.2 Å². The topological polar surface area (TPSA) is 79.0 Å². The molecule has 1 N–H and O–H groups in total. The van der Waals surface area contributed by atoms with Crippen LogP contribution in [0.15, 0.2) is 35.5 Å². The molecular weight excluding hydrogens is 300 g/mol. The summed E-state index contributed by atoms with van der Waals surface area (Å²) in [4.78, 5) is 4.76. The highest BCUT2D eigenvalue weighted by Gasteiger charge is 2.30. The molecule has 2 aromatic heterocycles. The molecule has 1 atom stereocenters. The van der Waals surface area contributed by atoms with Crippen molar-refractivity contribution in [3.05, 3.63) is 42.0 Å². The lowest BCUT2D eigenvalue weighted by molar-refractivity contribution is 0.264. The molecule has 0 unspecified atom stereocenters. The van der Waals surface area contributed by atoms with Gasteiger partial charge in [0.2, 0.25) is 10.0 Å². The Hall–Kier alpha value is -1.73. The lowest BCUT2D eigenvalue weighted by atomic mass is 9.94. The number of rotatable bonds is 4. The summed E-state index contributed by atoms with van der Waals surface area (Å²) in [5.41, 5.74) is 2.03. The van der Waals surface area contributed by atoms with Gasteiger partial charge in [-0.25, -0.2) is 8.42 Å². The first kappa shape index (κ1) is 15.2. The predicted molar refractivity (Wildman–Crippen MR) is 82.7 cm³/mol. The highest BCUT2D eigenvalue weighted by Crippen LogP contribution is 2.25. The number of piperidine rings is 1. The quantitative estimate of drug-likeness (QED) is 0.931. The van der Waals surface area contributed by atoms with Crippen molar-refractivity contribution in [3.8, 4) is 0 Å². The van der Waals surface area contributed by atoms with Gasteiger partial charge in [0.15, 0.2) is 0 Å². The van der Waals surface area contributed by atoms with E-state index in [4.69, 9.17) is 0 Å². The number of nitrogens with one attached hydrogen (secondary N) is 1. The Morgan fingerprint density at radius 3 is 3.00 bits per heavy atom. The monoisotopic (exact) mass is 320 g/mol. The maximum Gasteiger partial charge on any atom is 0.246 e. The van der Waals surface area contributed by atoms with Gasteiger partial charge in [-0.15, -0.1) is 0 Å². The zero-order valence-electron chi connectivity index (χ0n) is 12.6. The van der Waals surface area contributed by atoms with E-state index in [0.29, 0.717) is 19.0 Å². The average Bonchev–Trinajstić information content (AvgIpc) is 3.02. The molecule has 22 heavy (non-hydrogen) atoms. The van der Waals surface area contributed by atoms with Gasteiger partial charge in [0, 0.05) is 30.7 Å². The number of aromatic nitrogens is 3. The van der Waals surface area contributed by atoms with Crippen molar-refractivity contribution in [2.24, 2.45) is 5.92 Å². The predicted octanol–water partition coefficient (Wildman–Crippen LogP) is 1.76. The van der Waals surface area contributed by atoms with Crippen molar-refractivity contribution in [2.45, 2.75) is 31.1 Å². The zero-order chi connectivity index (χ0) is 15.6. The lowest BCUT2D eigenvalue weighted by Crippen LogP contribution is -2.40. The van der Waals surface area contributed by atoms with Crippen LogP contribution in [0.3, 0.4) is 0 Å². The molecule has 1 fully saturated rings. The molecule has 0 spiro atoms. The minimum absolute atomic E-state index is 0.238. The number of hydrogen-bond donors (Lipinski definition) is 1. The molecule has 6 nitrogen and oxygen atoms in total. The summed E-state index contributed by atoms with van der Waals surface area (Å²) in [7, 11) is -3.43. The Kier molecular flexibility index (Phi) is 4.26. The summed E-state index contributed by atoms with van der Waals surface area (Å²) >= 11 is 0. The summed E-state index contributed by atoms with van der Waals surface area (Å²) in [6.45, 7) is 3.09. The molecule has 0 radical (unpaired) electrons. The van der Waals surface area contributed by atoms with Crippen LogP contribution in [-0.4, -0.2) is 41.0 Å². The largest absolute Gasteiger partial charge is 0.284 e. The normalized spacial score (nSPS) is 20.1. The summed E-state index contributed by atoms with van der Waals surface area (Å²) < 4.78 is 26.7. The van der Waals surface area contributed by atoms with Gasteiger partial charge < -0.3 is 0 Å². The molecule has 3 heterocycles. The van der Waals surface area contributed by atoms with Crippen LogP contribution in [0.5, 0.6) is 0 Å². The van der Waals surface area contributed by atoms with E-state index < -0.39 is 10.0 Å². The van der Waals surface area contributed by atoms with Crippen LogP contribution in [0, 0.1) is 12.8 Å². The van der Waals surface area contributed by atoms with E-state index in [0.717, 1.165) is 30.7 Å². The molecule has 7 heteroatoms. The van der Waals surface area contributed by atoms with Crippen LogP contribution >= 0.6 is 0 Å². The molecule has 0 bridgehead atoms. The standard InChI is InChI=1S/C15H20N4O2S/c1-12-4-2-6-14(18-12)8-13-5-3-7-19(11-13)22(20,21)15-9-16-17-10-15/h2,4,6,9-10,13H,3,5,7-8,11H2,1H3,(H,16,17)/t13-/m0/s1. The zero-order valence-corrected chi connectivity index (χ0v) is 13.4. The Balaban J connectivity index is 1.72. The summed E-state index contributed by atoms with van der Waals surface area (Å²) in [5.74, 6) is 0.310. The third-order valence-electron chi connectivity index (χ3n) is 4.04. The highest BCUT2D eigenvalue weighted by molar-refractivity contribution is 7.89. The number of aromatic amines is 1. The Bertz CT molecular complexity index is 728. The van der Waals surface area contributed by atoms with Crippen LogP contribution in [0.1, 0.15) is 24.2 Å². The fourth-order valence-corrected chi connectivity index (χ4v) is 4.41. The van der Waals surface area contributed by atoms with Gasteiger partial charge in [0.25, 0.3) is 0 Å². The van der Waals surface area contributed by atoms with E-state index in [-0.39, 0.29) is 4.90 Å². The third kappa shape index (κ3) is 3.20. The highest BCUT2D eigenvalue weighted by atomic mass is 32.2. The molecular formula is C15H20N4O2S. The van der Waals surface area contributed by atoms with Gasteiger partial charge in [-0.2, -0.15) is 9.40 Å². The maximum absolute atomic E-state index is 12.6. The first-order chi connectivity index (χ1) is 10.6. The van der Waals surface area contributed by atoms with E-state index in [1.54, 1.807) is 4.31 Å². The second-order valence-corrected chi connectivity index (χ2v) is 7.72. The molecule has 0 aromatic carbocycles. The number of nitrogens with zero attached hydrogens (tertiary/aromatic N) is 3. The van der Waals surface area contributed by atoms with E-state index >= 15 is 0 Å². The molecule has 2 aromatic rings. The van der Waals surface area contributed by atoms with Crippen molar-refractivity contribution in [1.82, 2.24) is 19.5 Å². The van der Waals surface area contributed by atoms with Crippen molar-refractivity contribution in [1.29, 1.82) is 0 Å². The first-order valence-corrected chi connectivity index (χ1v) is 8.91. The van der Waals surface area contributed by atoms with Gasteiger partial charge in [0.05, 0.1) is 6.20 Å². The number of sulfonamides is 1. The first-order valence-electron chi connectivity index (χ1n) is 7.47. The molecule has 0 aliphatic carbocycles. The smallest absolute Gasteiger partial charge is 0.246 e. The average molecular weight is 320 g/mol. The fourth-order valence-electron chi connectivity index (χ4n) is 2.95. The third-order valence-corrected chi connectivity index (χ3v) is 5.87. The maximum atomic E-state index is 12.6. The molecule has 1 aliphatic heterocycles. The van der Waals surface area contributed by atoms with Crippen LogP contribution in [0.2, 0.25) is 0 Å². The van der Waals surface area contributed by atoms with Crippen LogP contribution in [-0.2, 0) is 16.4 Å². The van der Waals surface area contributed by atoms with Gasteiger partial charge in [-0.1, -0.05) is 6.07 Å². The second-order valence-electron chi connectivity index (χ2n) is 5.78. The molecule has 0 saturated carbocycles. The fraction of sp³-hybridized carbons (Fsp3) is 0.467. The van der Waals surface area contributed by atoms with E-state index in [1.165, 1.54) is 12.4 Å². The molecule has 118 valence electrons. The molecule has 1 saturated heterocycles. The summed E-state index contributed by atoms with van der Waals surface area (Å²) in [6, 6.07) is 5.98. The summed E-state index contributed by atoms with van der Waals surface area (Å²) in [5, 5.41) is 6.31. The molecule has 1 aliphatic rings. The van der Waals surface area contributed by atoms with Crippen molar-refractivity contribution < 1.29 is 8.42 Å². The van der Waals surface area contributed by atoms with Crippen molar-refractivity contribution in [2.75, 3.05) is 13.1 Å². The van der Waals surface area contributed by atoms with E-state index in [9.17, 15) is 8.42 Å². The second kappa shape index (κ2) is 6.18. The number of hydrogen-bond acceptors (Lipinski definition) is 4. The van der Waals surface area contributed by atoms with Crippen LogP contribution in [0.25, 0.3) is 0 Å². The SMILES string of the molecule is Cc1cccc(C[C@@H]2CCCN(S(=O)(=O)c3cn[nH]c3)C2)n1.